The van der Waals surface area contributed by atoms with E-state index in [0.717, 1.165) is 19.3 Å². The van der Waals surface area contributed by atoms with Crippen molar-refractivity contribution >= 4 is 16.9 Å². The Bertz CT molecular complexity index is 664. The molecule has 1 aliphatic heterocycles. The predicted molar refractivity (Wildman–Crippen MR) is 90.8 cm³/mol. The van der Waals surface area contributed by atoms with Gasteiger partial charge in [0.25, 0.3) is 0 Å². The van der Waals surface area contributed by atoms with Crippen molar-refractivity contribution in [2.45, 2.75) is 56.7 Å². The van der Waals surface area contributed by atoms with Crippen LogP contribution in [-0.4, -0.2) is 44.1 Å². The lowest BCUT2D eigenvalue weighted by atomic mass is 10.0. The van der Waals surface area contributed by atoms with Crippen LogP contribution >= 0.6 is 0 Å². The summed E-state index contributed by atoms with van der Waals surface area (Å²) in [5, 5.41) is 9.32. The molecule has 2 heterocycles. The molecule has 1 fully saturated rings. The van der Waals surface area contributed by atoms with Gasteiger partial charge in [-0.25, -0.2) is 9.78 Å². The molecule has 2 atom stereocenters. The molecule has 1 aromatic rings. The number of pyridine rings is 1. The van der Waals surface area contributed by atoms with Crippen LogP contribution in [0.5, 0.6) is 0 Å². The second kappa shape index (κ2) is 7.75. The van der Waals surface area contributed by atoms with Crippen LogP contribution in [0.25, 0.3) is 0 Å². The van der Waals surface area contributed by atoms with E-state index in [4.69, 9.17) is 10.00 Å². The zero-order chi connectivity index (χ0) is 17.7. The number of aromatic nitrogens is 1. The summed E-state index contributed by atoms with van der Waals surface area (Å²) in [6.45, 7) is 6.11. The number of likely N-dealkylation sites (tertiary alicyclic amines) is 1. The van der Waals surface area contributed by atoms with Crippen molar-refractivity contribution in [2.24, 2.45) is 0 Å². The monoisotopic (exact) mass is 349 g/mol. The van der Waals surface area contributed by atoms with E-state index in [-0.39, 0.29) is 12.1 Å². The van der Waals surface area contributed by atoms with Crippen LogP contribution in [0.1, 0.15) is 45.6 Å². The molecule has 130 valence electrons. The predicted octanol–water partition coefficient (Wildman–Crippen LogP) is 2.85. The number of ether oxygens (including phenoxy) is 1. The number of nitrogens with zero attached hydrogens (tertiary/aromatic N) is 3. The van der Waals surface area contributed by atoms with Crippen LogP contribution < -0.4 is 0 Å². The van der Waals surface area contributed by atoms with Crippen LogP contribution in [0.3, 0.4) is 0 Å². The first-order valence-corrected chi connectivity index (χ1v) is 9.36. The molecular formula is C17H23N3O3S. The van der Waals surface area contributed by atoms with Gasteiger partial charge >= 0.3 is 6.09 Å². The van der Waals surface area contributed by atoms with Gasteiger partial charge in [-0.1, -0.05) is 0 Å². The Balaban J connectivity index is 2.09. The Hall–Kier alpha value is -1.94. The molecule has 24 heavy (non-hydrogen) atoms. The Morgan fingerprint density at radius 3 is 2.92 bits per heavy atom. The first-order chi connectivity index (χ1) is 11.3. The average molecular weight is 349 g/mol. The summed E-state index contributed by atoms with van der Waals surface area (Å²) in [5.74, 6) is 0.307. The molecule has 2 rings (SSSR count). The highest BCUT2D eigenvalue weighted by Crippen LogP contribution is 2.22. The molecule has 1 aliphatic rings. The third-order valence-electron chi connectivity index (χ3n) is 3.70. The van der Waals surface area contributed by atoms with Gasteiger partial charge in [0.1, 0.15) is 10.6 Å². The van der Waals surface area contributed by atoms with Crippen LogP contribution in [0.2, 0.25) is 0 Å². The van der Waals surface area contributed by atoms with E-state index in [1.54, 1.807) is 11.0 Å². The highest BCUT2D eigenvalue weighted by molar-refractivity contribution is 7.85. The SMILES string of the molecule is CC(C)(C)OC(=O)N1CCCC[C@@H]1C[S@](=O)c1cc(C#N)ccn1. The van der Waals surface area contributed by atoms with E-state index >= 15 is 0 Å². The van der Waals surface area contributed by atoms with Crippen molar-refractivity contribution in [2.75, 3.05) is 12.3 Å². The first-order valence-electron chi connectivity index (χ1n) is 8.04. The van der Waals surface area contributed by atoms with Crippen molar-refractivity contribution < 1.29 is 13.7 Å². The zero-order valence-electron chi connectivity index (χ0n) is 14.3. The standard InChI is InChI=1S/C17H23N3O3S/c1-17(2,3)23-16(21)20-9-5-4-6-14(20)12-24(22)15-10-13(11-18)7-8-19-15/h7-8,10,14H,4-6,9,12H2,1-3H3/t14-,24+/m1/s1. The van der Waals surface area contributed by atoms with Gasteiger partial charge in [0.15, 0.2) is 0 Å². The molecule has 0 aliphatic carbocycles. The topological polar surface area (TPSA) is 83.3 Å². The van der Waals surface area contributed by atoms with E-state index in [2.05, 4.69) is 4.98 Å². The largest absolute Gasteiger partial charge is 0.444 e. The molecule has 7 heteroatoms. The number of hydrogen-bond acceptors (Lipinski definition) is 5. The number of rotatable bonds is 3. The molecule has 1 aromatic heterocycles. The van der Waals surface area contributed by atoms with E-state index < -0.39 is 16.4 Å². The number of piperidine rings is 1. The van der Waals surface area contributed by atoms with E-state index in [1.807, 2.05) is 26.8 Å². The summed E-state index contributed by atoms with van der Waals surface area (Å²) in [6.07, 6.45) is 3.83. The van der Waals surface area contributed by atoms with Gasteiger partial charge < -0.3 is 9.64 Å². The van der Waals surface area contributed by atoms with Gasteiger partial charge in [0.2, 0.25) is 0 Å². The van der Waals surface area contributed by atoms with Gasteiger partial charge in [-0.2, -0.15) is 5.26 Å². The minimum absolute atomic E-state index is 0.137. The van der Waals surface area contributed by atoms with Gasteiger partial charge in [0, 0.05) is 18.8 Å². The maximum Gasteiger partial charge on any atom is 0.410 e. The van der Waals surface area contributed by atoms with Crippen molar-refractivity contribution in [3.8, 4) is 6.07 Å². The van der Waals surface area contributed by atoms with Crippen LogP contribution in [0.4, 0.5) is 4.79 Å². The summed E-state index contributed by atoms with van der Waals surface area (Å²) < 4.78 is 18.1. The number of amides is 1. The van der Waals surface area contributed by atoms with Gasteiger partial charge in [0.05, 0.1) is 28.2 Å². The fourth-order valence-corrected chi connectivity index (χ4v) is 3.90. The third kappa shape index (κ3) is 5.03. The van der Waals surface area contributed by atoms with Crippen molar-refractivity contribution in [1.29, 1.82) is 5.26 Å². The molecule has 0 bridgehead atoms. The smallest absolute Gasteiger partial charge is 0.410 e. The van der Waals surface area contributed by atoms with E-state index in [0.29, 0.717) is 22.9 Å². The minimum Gasteiger partial charge on any atom is -0.444 e. The van der Waals surface area contributed by atoms with E-state index in [9.17, 15) is 9.00 Å². The highest BCUT2D eigenvalue weighted by atomic mass is 32.2. The lowest BCUT2D eigenvalue weighted by Gasteiger charge is -2.36. The first kappa shape index (κ1) is 18.4. The van der Waals surface area contributed by atoms with Crippen LogP contribution in [0.15, 0.2) is 23.4 Å². The highest BCUT2D eigenvalue weighted by Gasteiger charge is 2.31. The van der Waals surface area contributed by atoms with Crippen molar-refractivity contribution in [1.82, 2.24) is 9.88 Å². The number of carbonyl (C=O) groups excluding carboxylic acids is 1. The molecule has 0 aromatic carbocycles. The van der Waals surface area contributed by atoms with Gasteiger partial charge in [-0.05, 0) is 52.2 Å². The molecule has 1 saturated heterocycles. The lowest BCUT2D eigenvalue weighted by Crippen LogP contribution is -2.48. The number of hydrogen-bond donors (Lipinski definition) is 0. The molecule has 0 radical (unpaired) electrons. The molecule has 6 nitrogen and oxygen atoms in total. The molecule has 0 saturated carbocycles. The van der Waals surface area contributed by atoms with Gasteiger partial charge in [-0.15, -0.1) is 0 Å². The van der Waals surface area contributed by atoms with E-state index in [1.165, 1.54) is 12.3 Å². The summed E-state index contributed by atoms with van der Waals surface area (Å²) in [7, 11) is -1.36. The Labute approximate surface area is 145 Å². The second-order valence-electron chi connectivity index (χ2n) is 6.83. The molecule has 0 spiro atoms. The average Bonchev–Trinajstić information content (AvgIpc) is 2.53. The maximum atomic E-state index is 12.6. The minimum atomic E-state index is -1.36. The van der Waals surface area contributed by atoms with Crippen molar-refractivity contribution in [3.63, 3.8) is 0 Å². The Morgan fingerprint density at radius 2 is 2.25 bits per heavy atom. The van der Waals surface area contributed by atoms with Crippen molar-refractivity contribution in [3.05, 3.63) is 23.9 Å². The molecular weight excluding hydrogens is 326 g/mol. The normalized spacial score (nSPS) is 19.4. The molecule has 0 N–H and O–H groups in total. The van der Waals surface area contributed by atoms with Crippen LogP contribution in [-0.2, 0) is 15.5 Å². The summed E-state index contributed by atoms with van der Waals surface area (Å²) in [6, 6.07) is 5.00. The summed E-state index contributed by atoms with van der Waals surface area (Å²) in [5.41, 5.74) is -0.123. The fourth-order valence-electron chi connectivity index (χ4n) is 2.60. The molecule has 0 unspecified atom stereocenters. The molecule has 1 amide bonds. The summed E-state index contributed by atoms with van der Waals surface area (Å²) >= 11 is 0. The van der Waals surface area contributed by atoms with Gasteiger partial charge in [-0.3, -0.25) is 4.21 Å². The zero-order valence-corrected chi connectivity index (χ0v) is 15.1. The Morgan fingerprint density at radius 1 is 1.50 bits per heavy atom. The third-order valence-corrected chi connectivity index (χ3v) is 5.07. The summed E-state index contributed by atoms with van der Waals surface area (Å²) in [4.78, 5) is 18.2. The number of nitriles is 1. The second-order valence-corrected chi connectivity index (χ2v) is 8.27. The number of carbonyl (C=O) groups is 1. The quantitative estimate of drug-likeness (QED) is 0.838. The maximum absolute atomic E-state index is 12.6. The Kier molecular flexibility index (Phi) is 5.94. The van der Waals surface area contributed by atoms with Crippen LogP contribution in [0, 0.1) is 11.3 Å². The lowest BCUT2D eigenvalue weighted by molar-refractivity contribution is 0.0125. The fraction of sp³-hybridized carbons (Fsp3) is 0.588.